The van der Waals surface area contributed by atoms with Gasteiger partial charge in [0.05, 0.1) is 27.7 Å². The van der Waals surface area contributed by atoms with Crippen LogP contribution >= 0.6 is 12.2 Å². The van der Waals surface area contributed by atoms with E-state index in [1.807, 2.05) is 12.1 Å². The molecular formula is C18H30N3OS+. The molecule has 0 saturated heterocycles. The maximum absolute atomic E-state index is 5.48. The Kier molecular flexibility index (Phi) is 7.12. The zero-order valence-corrected chi connectivity index (χ0v) is 15.3. The molecule has 0 aromatic heterocycles. The first-order valence-electron chi connectivity index (χ1n) is 8.58. The van der Waals surface area contributed by atoms with Crippen molar-refractivity contribution in [3.63, 3.8) is 0 Å². The van der Waals surface area contributed by atoms with Gasteiger partial charge in [-0.15, -0.1) is 0 Å². The number of benzene rings is 1. The van der Waals surface area contributed by atoms with Gasteiger partial charge in [-0.2, -0.15) is 0 Å². The highest BCUT2D eigenvalue weighted by atomic mass is 32.1. The predicted molar refractivity (Wildman–Crippen MR) is 99.2 cm³/mol. The van der Waals surface area contributed by atoms with Gasteiger partial charge in [0.25, 0.3) is 0 Å². The normalized spacial score (nSPS) is 16.9. The van der Waals surface area contributed by atoms with Crippen LogP contribution in [0, 0.1) is 0 Å². The average molecular weight is 337 g/mol. The third kappa shape index (κ3) is 5.66. The molecule has 1 saturated carbocycles. The van der Waals surface area contributed by atoms with Crippen molar-refractivity contribution in [1.29, 1.82) is 0 Å². The van der Waals surface area contributed by atoms with Crippen molar-refractivity contribution in [3.05, 3.63) is 29.8 Å². The number of likely N-dealkylation sites (N-methyl/N-ethyl adjacent to an activating group) is 1. The van der Waals surface area contributed by atoms with E-state index in [0.29, 0.717) is 12.1 Å². The van der Waals surface area contributed by atoms with Gasteiger partial charge < -0.3 is 20.3 Å². The standard InChI is InChI=1S/C18H29N3OS/c1-21(2)17(14-9-11-16(22-3)12-10-14)13-19-18(23)20-15-7-5-4-6-8-15/h9-12,15,17H,4-8,13H2,1-3H3,(H2,19,20,23)/p+1/t17-/m1/s1. The minimum atomic E-state index is 0.354. The van der Waals surface area contributed by atoms with Gasteiger partial charge >= 0.3 is 0 Å². The maximum atomic E-state index is 5.48. The van der Waals surface area contributed by atoms with Crippen LogP contribution in [0.4, 0.5) is 0 Å². The fourth-order valence-electron chi connectivity index (χ4n) is 3.17. The molecule has 0 radical (unpaired) electrons. The Labute approximate surface area is 145 Å². The molecule has 1 aromatic carbocycles. The lowest BCUT2D eigenvalue weighted by Crippen LogP contribution is -3.07. The quantitative estimate of drug-likeness (QED) is 0.691. The Morgan fingerprint density at radius 3 is 2.43 bits per heavy atom. The molecule has 1 atom stereocenters. The van der Waals surface area contributed by atoms with Gasteiger partial charge in [-0.25, -0.2) is 0 Å². The van der Waals surface area contributed by atoms with E-state index in [1.54, 1.807) is 7.11 Å². The number of nitrogens with one attached hydrogen (secondary N) is 3. The molecule has 23 heavy (non-hydrogen) atoms. The summed E-state index contributed by atoms with van der Waals surface area (Å²) in [6.45, 7) is 0.827. The van der Waals surface area contributed by atoms with Crippen LogP contribution in [0.15, 0.2) is 24.3 Å². The lowest BCUT2D eigenvalue weighted by Gasteiger charge is -2.26. The largest absolute Gasteiger partial charge is 0.497 e. The Balaban J connectivity index is 1.87. The van der Waals surface area contributed by atoms with Crippen molar-refractivity contribution in [2.24, 2.45) is 0 Å². The highest BCUT2D eigenvalue weighted by molar-refractivity contribution is 7.80. The van der Waals surface area contributed by atoms with Crippen LogP contribution in [0.2, 0.25) is 0 Å². The minimum Gasteiger partial charge on any atom is -0.497 e. The molecule has 4 nitrogen and oxygen atoms in total. The number of hydrogen-bond donors (Lipinski definition) is 3. The van der Waals surface area contributed by atoms with Gasteiger partial charge in [0.15, 0.2) is 5.11 Å². The second-order valence-corrected chi connectivity index (χ2v) is 7.00. The van der Waals surface area contributed by atoms with Gasteiger partial charge in [-0.1, -0.05) is 19.3 Å². The molecule has 0 heterocycles. The van der Waals surface area contributed by atoms with Gasteiger partial charge in [0.2, 0.25) is 0 Å². The molecule has 0 bridgehead atoms. The van der Waals surface area contributed by atoms with Crippen LogP contribution in [0.1, 0.15) is 43.7 Å². The molecule has 1 aliphatic carbocycles. The SMILES string of the molecule is COc1ccc([C@@H](CNC(=S)NC2CCCCC2)[NH+](C)C)cc1. The second kappa shape index (κ2) is 9.08. The highest BCUT2D eigenvalue weighted by Gasteiger charge is 2.19. The summed E-state index contributed by atoms with van der Waals surface area (Å²) in [4.78, 5) is 1.38. The van der Waals surface area contributed by atoms with Crippen molar-refractivity contribution in [1.82, 2.24) is 10.6 Å². The predicted octanol–water partition coefficient (Wildman–Crippen LogP) is 1.68. The highest BCUT2D eigenvalue weighted by Crippen LogP contribution is 2.17. The van der Waals surface area contributed by atoms with Crippen molar-refractivity contribution in [2.75, 3.05) is 27.7 Å². The zero-order chi connectivity index (χ0) is 16.7. The third-order valence-electron chi connectivity index (χ3n) is 4.62. The number of thiocarbonyl (C=S) groups is 1. The summed E-state index contributed by atoms with van der Waals surface area (Å²) in [5.41, 5.74) is 1.29. The topological polar surface area (TPSA) is 37.7 Å². The van der Waals surface area contributed by atoms with Gasteiger partial charge in [0, 0.05) is 11.6 Å². The Bertz CT molecular complexity index is 484. The van der Waals surface area contributed by atoms with E-state index >= 15 is 0 Å². The van der Waals surface area contributed by atoms with Crippen LogP contribution < -0.4 is 20.3 Å². The molecule has 2 rings (SSSR count). The fraction of sp³-hybridized carbons (Fsp3) is 0.611. The number of quaternary nitrogens is 1. The van der Waals surface area contributed by atoms with E-state index in [9.17, 15) is 0 Å². The van der Waals surface area contributed by atoms with E-state index < -0.39 is 0 Å². The fourth-order valence-corrected chi connectivity index (χ4v) is 3.42. The van der Waals surface area contributed by atoms with E-state index in [2.05, 4.69) is 36.9 Å². The molecule has 5 heteroatoms. The number of hydrogen-bond acceptors (Lipinski definition) is 2. The van der Waals surface area contributed by atoms with E-state index in [1.165, 1.54) is 42.6 Å². The zero-order valence-electron chi connectivity index (χ0n) is 14.5. The molecule has 3 N–H and O–H groups in total. The molecule has 1 aliphatic rings. The second-order valence-electron chi connectivity index (χ2n) is 6.59. The average Bonchev–Trinajstić information content (AvgIpc) is 2.56. The van der Waals surface area contributed by atoms with Crippen molar-refractivity contribution in [3.8, 4) is 5.75 Å². The lowest BCUT2D eigenvalue weighted by molar-refractivity contribution is -0.890. The van der Waals surface area contributed by atoms with Crippen LogP contribution in [0.5, 0.6) is 5.75 Å². The molecule has 128 valence electrons. The molecule has 0 amide bonds. The first-order valence-corrected chi connectivity index (χ1v) is 8.99. The summed E-state index contributed by atoms with van der Waals surface area (Å²) >= 11 is 5.48. The van der Waals surface area contributed by atoms with Crippen molar-refractivity contribution in [2.45, 2.75) is 44.2 Å². The van der Waals surface area contributed by atoms with Crippen molar-refractivity contribution >= 4 is 17.3 Å². The Hall–Kier alpha value is -1.33. The first-order chi connectivity index (χ1) is 11.1. The van der Waals surface area contributed by atoms with Gasteiger partial charge in [-0.05, 0) is 49.3 Å². The Morgan fingerprint density at radius 1 is 1.22 bits per heavy atom. The van der Waals surface area contributed by atoms with E-state index in [0.717, 1.165) is 17.4 Å². The monoisotopic (exact) mass is 336 g/mol. The lowest BCUT2D eigenvalue weighted by atomic mass is 9.96. The minimum absolute atomic E-state index is 0.354. The summed E-state index contributed by atoms with van der Waals surface area (Å²) in [6.07, 6.45) is 6.47. The van der Waals surface area contributed by atoms with Crippen LogP contribution in [0.25, 0.3) is 0 Å². The van der Waals surface area contributed by atoms with Crippen LogP contribution in [-0.4, -0.2) is 38.9 Å². The molecule has 0 unspecified atom stereocenters. The molecule has 0 aliphatic heterocycles. The number of methoxy groups -OCH3 is 1. The molecule has 1 aromatic rings. The van der Waals surface area contributed by atoms with Crippen LogP contribution in [-0.2, 0) is 0 Å². The summed E-state index contributed by atoms with van der Waals surface area (Å²) < 4.78 is 5.24. The number of ether oxygens (including phenoxy) is 1. The summed E-state index contributed by atoms with van der Waals surface area (Å²) in [7, 11) is 6.04. The molecule has 0 spiro atoms. The van der Waals surface area contributed by atoms with Crippen LogP contribution in [0.3, 0.4) is 0 Å². The third-order valence-corrected chi connectivity index (χ3v) is 4.88. The Morgan fingerprint density at radius 2 is 1.87 bits per heavy atom. The summed E-state index contributed by atoms with van der Waals surface area (Å²) in [5, 5.41) is 7.67. The van der Waals surface area contributed by atoms with Crippen molar-refractivity contribution < 1.29 is 9.64 Å². The number of rotatable bonds is 6. The van der Waals surface area contributed by atoms with Gasteiger partial charge in [-0.3, -0.25) is 0 Å². The maximum Gasteiger partial charge on any atom is 0.166 e. The van der Waals surface area contributed by atoms with E-state index in [-0.39, 0.29) is 0 Å². The summed E-state index contributed by atoms with van der Waals surface area (Å²) in [6, 6.07) is 9.21. The van der Waals surface area contributed by atoms with E-state index in [4.69, 9.17) is 17.0 Å². The molecular weight excluding hydrogens is 306 g/mol. The summed E-state index contributed by atoms with van der Waals surface area (Å²) in [5.74, 6) is 0.892. The first kappa shape index (κ1) is 18.0. The smallest absolute Gasteiger partial charge is 0.166 e. The van der Waals surface area contributed by atoms with Gasteiger partial charge in [0.1, 0.15) is 11.8 Å². The molecule has 1 fully saturated rings.